The summed E-state index contributed by atoms with van der Waals surface area (Å²) < 4.78 is 5.53. The van der Waals surface area contributed by atoms with Crippen LogP contribution in [0.1, 0.15) is 40.5 Å². The highest BCUT2D eigenvalue weighted by atomic mass is 16.5. The van der Waals surface area contributed by atoms with Gasteiger partial charge >= 0.3 is 0 Å². The Kier molecular flexibility index (Phi) is 6.30. The van der Waals surface area contributed by atoms with Crippen molar-refractivity contribution in [1.82, 2.24) is 4.90 Å². The zero-order valence-corrected chi connectivity index (χ0v) is 12.4. The predicted molar refractivity (Wildman–Crippen MR) is 74.7 cm³/mol. The second-order valence-electron chi connectivity index (χ2n) is 6.62. The first-order valence-corrected chi connectivity index (χ1v) is 7.24. The van der Waals surface area contributed by atoms with Gasteiger partial charge in [0.05, 0.1) is 12.0 Å². The fourth-order valence-electron chi connectivity index (χ4n) is 2.81. The van der Waals surface area contributed by atoms with Gasteiger partial charge in [0.25, 0.3) is 0 Å². The fraction of sp³-hybridized carbons (Fsp3) is 0.933. The van der Waals surface area contributed by atoms with E-state index in [1.807, 2.05) is 0 Å². The zero-order chi connectivity index (χ0) is 13.6. The minimum atomic E-state index is -0.262. The normalized spacial score (nSPS) is 25.1. The number of ether oxygens (including phenoxy) is 1. The Morgan fingerprint density at radius 3 is 2.22 bits per heavy atom. The topological polar surface area (TPSA) is 29.5 Å². The lowest BCUT2D eigenvalue weighted by Crippen LogP contribution is -2.46. The summed E-state index contributed by atoms with van der Waals surface area (Å²) in [6, 6.07) is 0. The summed E-state index contributed by atoms with van der Waals surface area (Å²) >= 11 is 0. The van der Waals surface area contributed by atoms with Crippen molar-refractivity contribution in [2.45, 2.75) is 40.5 Å². The molecule has 0 aromatic heterocycles. The number of nitrogens with zero attached hydrogens (tertiary/aromatic N) is 1. The molecule has 1 atom stereocenters. The standard InChI is InChI=1S/C15H29NO2/c1-13(2)8-16(9-14(3)4)10-15(11-17)6-5-7-18-12-15/h11,13-14H,5-10,12H2,1-4H3. The highest BCUT2D eigenvalue weighted by Crippen LogP contribution is 2.28. The van der Waals surface area contributed by atoms with Crippen molar-refractivity contribution in [1.29, 1.82) is 0 Å². The van der Waals surface area contributed by atoms with Gasteiger partial charge in [-0.15, -0.1) is 0 Å². The van der Waals surface area contributed by atoms with Crippen molar-refractivity contribution in [2.24, 2.45) is 17.3 Å². The molecule has 3 nitrogen and oxygen atoms in total. The molecule has 0 aromatic rings. The lowest BCUT2D eigenvalue weighted by Gasteiger charge is -2.38. The van der Waals surface area contributed by atoms with E-state index in [4.69, 9.17) is 4.74 Å². The van der Waals surface area contributed by atoms with E-state index in [9.17, 15) is 4.79 Å². The van der Waals surface area contributed by atoms with Crippen LogP contribution in [-0.4, -0.2) is 44.0 Å². The minimum absolute atomic E-state index is 0.262. The van der Waals surface area contributed by atoms with Gasteiger partial charge in [-0.2, -0.15) is 0 Å². The largest absolute Gasteiger partial charge is 0.380 e. The molecule has 0 spiro atoms. The van der Waals surface area contributed by atoms with Gasteiger partial charge in [-0.25, -0.2) is 0 Å². The van der Waals surface area contributed by atoms with Crippen LogP contribution in [0.25, 0.3) is 0 Å². The van der Waals surface area contributed by atoms with Gasteiger partial charge in [-0.05, 0) is 24.7 Å². The molecule has 18 heavy (non-hydrogen) atoms. The number of hydrogen-bond acceptors (Lipinski definition) is 3. The van der Waals surface area contributed by atoms with Gasteiger partial charge in [0.1, 0.15) is 6.29 Å². The smallest absolute Gasteiger partial charge is 0.129 e. The van der Waals surface area contributed by atoms with Crippen LogP contribution in [0.15, 0.2) is 0 Å². The molecule has 1 saturated heterocycles. The summed E-state index contributed by atoms with van der Waals surface area (Å²) in [5.41, 5.74) is -0.262. The third-order valence-corrected chi connectivity index (χ3v) is 3.39. The van der Waals surface area contributed by atoms with E-state index in [2.05, 4.69) is 32.6 Å². The Hall–Kier alpha value is -0.410. The van der Waals surface area contributed by atoms with Crippen LogP contribution in [0.5, 0.6) is 0 Å². The maximum atomic E-state index is 11.5. The molecule has 1 fully saturated rings. The summed E-state index contributed by atoms with van der Waals surface area (Å²) in [6.07, 6.45) is 3.12. The van der Waals surface area contributed by atoms with Crippen molar-refractivity contribution in [2.75, 3.05) is 32.8 Å². The van der Waals surface area contributed by atoms with E-state index in [0.29, 0.717) is 18.4 Å². The van der Waals surface area contributed by atoms with Crippen molar-refractivity contribution in [3.05, 3.63) is 0 Å². The summed E-state index contributed by atoms with van der Waals surface area (Å²) in [4.78, 5) is 13.9. The number of aldehydes is 1. The van der Waals surface area contributed by atoms with Gasteiger partial charge < -0.3 is 14.4 Å². The van der Waals surface area contributed by atoms with Crippen LogP contribution < -0.4 is 0 Å². The lowest BCUT2D eigenvalue weighted by molar-refractivity contribution is -0.126. The van der Waals surface area contributed by atoms with Gasteiger partial charge in [-0.3, -0.25) is 0 Å². The first-order chi connectivity index (χ1) is 8.47. The monoisotopic (exact) mass is 255 g/mol. The first-order valence-electron chi connectivity index (χ1n) is 7.24. The molecule has 0 aliphatic carbocycles. The van der Waals surface area contributed by atoms with Crippen LogP contribution in [0.4, 0.5) is 0 Å². The summed E-state index contributed by atoms with van der Waals surface area (Å²) in [7, 11) is 0. The molecule has 0 N–H and O–H groups in total. The maximum absolute atomic E-state index is 11.5. The van der Waals surface area contributed by atoms with E-state index in [-0.39, 0.29) is 5.41 Å². The average molecular weight is 255 g/mol. The maximum Gasteiger partial charge on any atom is 0.129 e. The molecule has 1 rings (SSSR count). The van der Waals surface area contributed by atoms with E-state index in [1.165, 1.54) is 0 Å². The summed E-state index contributed by atoms with van der Waals surface area (Å²) in [5.74, 6) is 1.27. The summed E-state index contributed by atoms with van der Waals surface area (Å²) in [5, 5.41) is 0. The molecule has 1 aliphatic heterocycles. The number of carbonyl (C=O) groups is 1. The van der Waals surface area contributed by atoms with Crippen LogP contribution in [0.2, 0.25) is 0 Å². The van der Waals surface area contributed by atoms with Gasteiger partial charge in [0.2, 0.25) is 0 Å². The SMILES string of the molecule is CC(C)CN(CC(C)C)CC1(C=O)CCCOC1. The molecule has 106 valence electrons. The Balaban J connectivity index is 2.63. The Bertz CT molecular complexity index is 235. The highest BCUT2D eigenvalue weighted by Gasteiger charge is 2.34. The molecular weight excluding hydrogens is 226 g/mol. The molecule has 0 aromatic carbocycles. The third-order valence-electron chi connectivity index (χ3n) is 3.39. The number of rotatable bonds is 7. The molecule has 0 amide bonds. The van der Waals surface area contributed by atoms with Gasteiger partial charge in [-0.1, -0.05) is 27.7 Å². The van der Waals surface area contributed by atoms with Crippen molar-refractivity contribution < 1.29 is 9.53 Å². The lowest BCUT2D eigenvalue weighted by atomic mass is 9.83. The predicted octanol–water partition coefficient (Wildman–Crippen LogP) is 2.60. The van der Waals surface area contributed by atoms with Crippen LogP contribution >= 0.6 is 0 Å². The van der Waals surface area contributed by atoms with E-state index in [1.54, 1.807) is 0 Å². The molecule has 1 unspecified atom stereocenters. The van der Waals surface area contributed by atoms with Crippen molar-refractivity contribution in [3.8, 4) is 0 Å². The molecule has 0 bridgehead atoms. The highest BCUT2D eigenvalue weighted by molar-refractivity contribution is 5.60. The van der Waals surface area contributed by atoms with E-state index in [0.717, 1.165) is 45.4 Å². The number of carbonyl (C=O) groups excluding carboxylic acids is 1. The zero-order valence-electron chi connectivity index (χ0n) is 12.4. The van der Waals surface area contributed by atoms with Crippen molar-refractivity contribution >= 4 is 6.29 Å². The third kappa shape index (κ3) is 5.07. The molecular formula is C15H29NO2. The second-order valence-corrected chi connectivity index (χ2v) is 6.62. The molecule has 3 heteroatoms. The van der Waals surface area contributed by atoms with E-state index >= 15 is 0 Å². The Morgan fingerprint density at radius 1 is 1.22 bits per heavy atom. The Morgan fingerprint density at radius 2 is 1.83 bits per heavy atom. The first kappa shape index (κ1) is 15.6. The quantitative estimate of drug-likeness (QED) is 0.655. The average Bonchev–Trinajstić information content (AvgIpc) is 2.28. The second kappa shape index (κ2) is 7.25. The van der Waals surface area contributed by atoms with Crippen LogP contribution in [-0.2, 0) is 9.53 Å². The number of hydrogen-bond donors (Lipinski definition) is 0. The molecule has 1 heterocycles. The van der Waals surface area contributed by atoms with Gasteiger partial charge in [0, 0.05) is 26.2 Å². The van der Waals surface area contributed by atoms with Crippen molar-refractivity contribution in [3.63, 3.8) is 0 Å². The minimum Gasteiger partial charge on any atom is -0.380 e. The Labute approximate surface area is 112 Å². The molecule has 0 saturated carbocycles. The van der Waals surface area contributed by atoms with Crippen LogP contribution in [0, 0.1) is 17.3 Å². The fourth-order valence-corrected chi connectivity index (χ4v) is 2.81. The molecule has 0 radical (unpaired) electrons. The summed E-state index contributed by atoms with van der Waals surface area (Å²) in [6.45, 7) is 13.3. The van der Waals surface area contributed by atoms with Crippen LogP contribution in [0.3, 0.4) is 0 Å². The molecule has 1 aliphatic rings. The van der Waals surface area contributed by atoms with Gasteiger partial charge in [0.15, 0.2) is 0 Å². The van der Waals surface area contributed by atoms with E-state index < -0.39 is 0 Å².